The normalized spacial score (nSPS) is 14.6. The van der Waals surface area contributed by atoms with Crippen LogP contribution in [-0.2, 0) is 11.3 Å². The minimum absolute atomic E-state index is 0.00794. The number of carbonyl (C=O) groups is 1. The van der Waals surface area contributed by atoms with Gasteiger partial charge in [0, 0.05) is 19.5 Å². The van der Waals surface area contributed by atoms with E-state index in [2.05, 4.69) is 4.74 Å². The molecule has 1 aromatic carbocycles. The lowest BCUT2D eigenvalue weighted by molar-refractivity contribution is -0.137. The number of hydrogen-bond acceptors (Lipinski definition) is 3. The minimum atomic E-state index is -2.90. The van der Waals surface area contributed by atoms with Gasteiger partial charge in [0.1, 0.15) is 0 Å². The van der Waals surface area contributed by atoms with Crippen LogP contribution in [0.3, 0.4) is 0 Å². The van der Waals surface area contributed by atoms with Crippen molar-refractivity contribution in [3.8, 4) is 11.5 Å². The van der Waals surface area contributed by atoms with Gasteiger partial charge in [0.2, 0.25) is 5.91 Å². The molecule has 0 heterocycles. The third kappa shape index (κ3) is 4.08. The number of hydrogen-bond donors (Lipinski definition) is 0. The van der Waals surface area contributed by atoms with E-state index in [1.165, 1.54) is 6.07 Å². The van der Waals surface area contributed by atoms with Gasteiger partial charge in [-0.05, 0) is 37.5 Å². The summed E-state index contributed by atoms with van der Waals surface area (Å²) >= 11 is 0. The molecule has 4 nitrogen and oxygen atoms in total. The zero-order chi connectivity index (χ0) is 16.1. The molecule has 1 amide bonds. The Morgan fingerprint density at radius 1 is 1.36 bits per heavy atom. The number of alkyl halides is 2. The van der Waals surface area contributed by atoms with Crippen molar-refractivity contribution in [3.05, 3.63) is 23.8 Å². The van der Waals surface area contributed by atoms with Crippen LogP contribution in [0.2, 0.25) is 0 Å². The van der Waals surface area contributed by atoms with Crippen molar-refractivity contribution in [2.24, 2.45) is 5.92 Å². The molecule has 22 heavy (non-hydrogen) atoms. The summed E-state index contributed by atoms with van der Waals surface area (Å²) in [5.74, 6) is 0.549. The van der Waals surface area contributed by atoms with Gasteiger partial charge in [0.05, 0.1) is 6.61 Å². The molecule has 1 aliphatic rings. The molecule has 6 heteroatoms. The van der Waals surface area contributed by atoms with Crippen molar-refractivity contribution in [2.75, 3.05) is 13.7 Å². The van der Waals surface area contributed by atoms with Gasteiger partial charge >= 0.3 is 6.61 Å². The Labute approximate surface area is 129 Å². The van der Waals surface area contributed by atoms with Crippen LogP contribution in [0.1, 0.15) is 31.7 Å². The fourth-order valence-corrected chi connectivity index (χ4v) is 2.43. The van der Waals surface area contributed by atoms with Gasteiger partial charge < -0.3 is 14.4 Å². The first-order chi connectivity index (χ1) is 10.5. The monoisotopic (exact) mass is 313 g/mol. The Bertz CT molecular complexity index is 518. The smallest absolute Gasteiger partial charge is 0.387 e. The second-order valence-corrected chi connectivity index (χ2v) is 5.41. The number of benzene rings is 1. The fourth-order valence-electron chi connectivity index (χ4n) is 2.43. The summed E-state index contributed by atoms with van der Waals surface area (Å²) in [7, 11) is 1.75. The number of nitrogens with zero attached hydrogens (tertiary/aromatic N) is 1. The van der Waals surface area contributed by atoms with Crippen molar-refractivity contribution < 1.29 is 23.0 Å². The molecule has 0 N–H and O–H groups in total. The summed E-state index contributed by atoms with van der Waals surface area (Å²) in [4.78, 5) is 13.8. The lowest BCUT2D eigenvalue weighted by Crippen LogP contribution is -2.35. The van der Waals surface area contributed by atoms with Gasteiger partial charge in [-0.3, -0.25) is 4.79 Å². The van der Waals surface area contributed by atoms with E-state index in [9.17, 15) is 13.6 Å². The molecule has 0 bridgehead atoms. The van der Waals surface area contributed by atoms with Crippen molar-refractivity contribution in [2.45, 2.75) is 39.3 Å². The Kier molecular flexibility index (Phi) is 5.57. The quantitative estimate of drug-likeness (QED) is 0.774. The molecule has 1 fully saturated rings. The predicted molar refractivity (Wildman–Crippen MR) is 78.1 cm³/mol. The molecule has 2 rings (SSSR count). The minimum Gasteiger partial charge on any atom is -0.490 e. The summed E-state index contributed by atoms with van der Waals surface area (Å²) in [5, 5.41) is 0. The van der Waals surface area contributed by atoms with Crippen molar-refractivity contribution in [3.63, 3.8) is 0 Å². The third-order valence-electron chi connectivity index (χ3n) is 3.77. The second kappa shape index (κ2) is 7.42. The van der Waals surface area contributed by atoms with Crippen LogP contribution in [-0.4, -0.2) is 31.1 Å². The highest BCUT2D eigenvalue weighted by Gasteiger charge is 2.27. The summed E-state index contributed by atoms with van der Waals surface area (Å²) in [5.41, 5.74) is 0.820. The highest BCUT2D eigenvalue weighted by Crippen LogP contribution is 2.31. The number of halogens is 2. The molecule has 1 aromatic rings. The fraction of sp³-hybridized carbons (Fsp3) is 0.562. The van der Waals surface area contributed by atoms with E-state index >= 15 is 0 Å². The Hall–Kier alpha value is -1.85. The van der Waals surface area contributed by atoms with Gasteiger partial charge in [-0.25, -0.2) is 0 Å². The first kappa shape index (κ1) is 16.5. The van der Waals surface area contributed by atoms with E-state index in [0.29, 0.717) is 13.2 Å². The molecule has 0 aliphatic heterocycles. The first-order valence-corrected chi connectivity index (χ1v) is 7.46. The van der Waals surface area contributed by atoms with Crippen LogP contribution in [0.5, 0.6) is 11.5 Å². The number of carbonyl (C=O) groups excluding carboxylic acids is 1. The summed E-state index contributed by atoms with van der Waals surface area (Å²) in [6.45, 7) is -0.358. The number of amides is 1. The number of ether oxygens (including phenoxy) is 2. The Balaban J connectivity index is 2.06. The summed E-state index contributed by atoms with van der Waals surface area (Å²) in [6.07, 6.45) is 3.02. The number of rotatable bonds is 7. The van der Waals surface area contributed by atoms with E-state index in [1.807, 2.05) is 0 Å². The van der Waals surface area contributed by atoms with Crippen LogP contribution in [0.15, 0.2) is 18.2 Å². The molecule has 0 aromatic heterocycles. The molecule has 0 radical (unpaired) electrons. The van der Waals surface area contributed by atoms with Crippen molar-refractivity contribution in [1.29, 1.82) is 0 Å². The molecule has 122 valence electrons. The van der Waals surface area contributed by atoms with Crippen LogP contribution in [0, 0.1) is 5.92 Å². The largest absolute Gasteiger partial charge is 0.490 e. The molecular formula is C16H21F2NO3. The van der Waals surface area contributed by atoms with Gasteiger partial charge in [-0.2, -0.15) is 8.78 Å². The molecule has 1 saturated carbocycles. The SMILES string of the molecule is CCOc1cc(CN(C)C(=O)C2CCC2)ccc1OC(F)F. The molecule has 0 saturated heterocycles. The van der Waals surface area contributed by atoms with Gasteiger partial charge in [-0.1, -0.05) is 12.5 Å². The first-order valence-electron chi connectivity index (χ1n) is 7.46. The van der Waals surface area contributed by atoms with Crippen LogP contribution < -0.4 is 9.47 Å². The molecule has 0 atom stereocenters. The van der Waals surface area contributed by atoms with Crippen LogP contribution in [0.25, 0.3) is 0 Å². The summed E-state index contributed by atoms with van der Waals surface area (Å²) < 4.78 is 34.5. The topological polar surface area (TPSA) is 38.8 Å². The van der Waals surface area contributed by atoms with E-state index < -0.39 is 6.61 Å². The maximum atomic E-state index is 12.4. The lowest BCUT2D eigenvalue weighted by Gasteiger charge is -2.29. The Morgan fingerprint density at radius 3 is 2.64 bits per heavy atom. The van der Waals surface area contributed by atoms with Crippen molar-refractivity contribution >= 4 is 5.91 Å². The third-order valence-corrected chi connectivity index (χ3v) is 3.77. The standard InChI is InChI=1S/C16H21F2NO3/c1-3-21-14-9-11(7-8-13(14)22-16(17)18)10-19(2)15(20)12-5-4-6-12/h7-9,12,16H,3-6,10H2,1-2H3. The molecule has 0 spiro atoms. The van der Waals surface area contributed by atoms with Gasteiger partial charge in [0.15, 0.2) is 11.5 Å². The molecule has 1 aliphatic carbocycles. The maximum Gasteiger partial charge on any atom is 0.387 e. The Morgan fingerprint density at radius 2 is 2.09 bits per heavy atom. The second-order valence-electron chi connectivity index (χ2n) is 5.41. The highest BCUT2D eigenvalue weighted by atomic mass is 19.3. The average Bonchev–Trinajstić information content (AvgIpc) is 2.39. The van der Waals surface area contributed by atoms with Gasteiger partial charge in [0.25, 0.3) is 0 Å². The van der Waals surface area contributed by atoms with E-state index in [1.54, 1.807) is 31.0 Å². The predicted octanol–water partition coefficient (Wildman–Crippen LogP) is 3.45. The van der Waals surface area contributed by atoms with E-state index in [-0.39, 0.29) is 23.3 Å². The van der Waals surface area contributed by atoms with Crippen LogP contribution >= 0.6 is 0 Å². The zero-order valence-corrected chi connectivity index (χ0v) is 12.9. The van der Waals surface area contributed by atoms with Crippen molar-refractivity contribution in [1.82, 2.24) is 4.90 Å². The summed E-state index contributed by atoms with van der Waals surface area (Å²) in [6, 6.07) is 4.77. The molecule has 0 unspecified atom stereocenters. The van der Waals surface area contributed by atoms with E-state index in [0.717, 1.165) is 24.8 Å². The zero-order valence-electron chi connectivity index (χ0n) is 12.9. The van der Waals surface area contributed by atoms with Gasteiger partial charge in [-0.15, -0.1) is 0 Å². The maximum absolute atomic E-state index is 12.4. The highest BCUT2D eigenvalue weighted by molar-refractivity contribution is 5.79. The molecular weight excluding hydrogens is 292 g/mol. The average molecular weight is 313 g/mol. The lowest BCUT2D eigenvalue weighted by atomic mass is 9.84. The van der Waals surface area contributed by atoms with Crippen LogP contribution in [0.4, 0.5) is 8.78 Å². The van der Waals surface area contributed by atoms with E-state index in [4.69, 9.17) is 4.74 Å².